The first-order valence-electron chi connectivity index (χ1n) is 7.27. The fourth-order valence-corrected chi connectivity index (χ4v) is 2.26. The number of nitro groups is 1. The van der Waals surface area contributed by atoms with Gasteiger partial charge in [-0.15, -0.1) is 0 Å². The Bertz CT molecular complexity index is 811. The highest BCUT2D eigenvalue weighted by atomic mass is 16.6. The molecule has 0 heterocycles. The standard InChI is InChI=1S/C18H17NO6/c1-23-16-11-9-14(17(24-2)18(16)25-3)15(20)10-6-12-4-7-13(8-5-12)19(21)22/h4-11H,1-3H3/b10-6+. The Morgan fingerprint density at radius 2 is 1.60 bits per heavy atom. The van der Waals surface area contributed by atoms with E-state index >= 15 is 0 Å². The summed E-state index contributed by atoms with van der Waals surface area (Å²) in [6.45, 7) is 0. The summed E-state index contributed by atoms with van der Waals surface area (Å²) >= 11 is 0. The summed E-state index contributed by atoms with van der Waals surface area (Å²) < 4.78 is 15.7. The van der Waals surface area contributed by atoms with Crippen molar-refractivity contribution in [1.29, 1.82) is 0 Å². The summed E-state index contributed by atoms with van der Waals surface area (Å²) in [5.74, 6) is 0.770. The number of rotatable bonds is 7. The summed E-state index contributed by atoms with van der Waals surface area (Å²) in [7, 11) is 4.39. The van der Waals surface area contributed by atoms with Gasteiger partial charge in [0.15, 0.2) is 17.3 Å². The number of ketones is 1. The van der Waals surface area contributed by atoms with Crippen LogP contribution in [0.15, 0.2) is 42.5 Å². The molecule has 0 saturated carbocycles. The van der Waals surface area contributed by atoms with Crippen LogP contribution in [0, 0.1) is 10.1 Å². The highest BCUT2D eigenvalue weighted by Gasteiger charge is 2.19. The predicted octanol–water partition coefficient (Wildman–Crippen LogP) is 3.52. The maximum Gasteiger partial charge on any atom is 0.269 e. The lowest BCUT2D eigenvalue weighted by atomic mass is 10.1. The van der Waals surface area contributed by atoms with Crippen molar-refractivity contribution in [2.75, 3.05) is 21.3 Å². The lowest BCUT2D eigenvalue weighted by Gasteiger charge is -2.14. The number of methoxy groups -OCH3 is 3. The van der Waals surface area contributed by atoms with Crippen LogP contribution in [-0.2, 0) is 0 Å². The van der Waals surface area contributed by atoms with Gasteiger partial charge in [0.1, 0.15) is 0 Å². The van der Waals surface area contributed by atoms with Crippen molar-refractivity contribution >= 4 is 17.5 Å². The number of nitro benzene ring substituents is 1. The molecule has 0 amide bonds. The van der Waals surface area contributed by atoms with E-state index in [4.69, 9.17) is 14.2 Å². The number of ether oxygens (including phenoxy) is 3. The number of carbonyl (C=O) groups excluding carboxylic acids is 1. The zero-order valence-electron chi connectivity index (χ0n) is 14.0. The van der Waals surface area contributed by atoms with E-state index in [1.165, 1.54) is 39.5 Å². The highest BCUT2D eigenvalue weighted by molar-refractivity contribution is 6.09. The van der Waals surface area contributed by atoms with Crippen LogP contribution in [0.4, 0.5) is 5.69 Å². The van der Waals surface area contributed by atoms with Crippen LogP contribution in [0.5, 0.6) is 17.2 Å². The molecule has 0 bridgehead atoms. The normalized spacial score (nSPS) is 10.5. The third kappa shape index (κ3) is 3.95. The van der Waals surface area contributed by atoms with Crippen molar-refractivity contribution in [2.45, 2.75) is 0 Å². The maximum absolute atomic E-state index is 12.5. The van der Waals surface area contributed by atoms with Crippen LogP contribution in [0.2, 0.25) is 0 Å². The number of allylic oxidation sites excluding steroid dienone is 1. The Hall–Kier alpha value is -3.35. The SMILES string of the molecule is COc1ccc(C(=O)/C=C/c2ccc([N+](=O)[O-])cc2)c(OC)c1OC. The Balaban J connectivity index is 2.30. The first kappa shape index (κ1) is 18.0. The van der Waals surface area contributed by atoms with Gasteiger partial charge in [-0.3, -0.25) is 14.9 Å². The molecule has 0 fully saturated rings. The minimum Gasteiger partial charge on any atom is -0.493 e. The predicted molar refractivity (Wildman–Crippen MR) is 92.6 cm³/mol. The van der Waals surface area contributed by atoms with Gasteiger partial charge in [0.05, 0.1) is 31.8 Å². The Morgan fingerprint density at radius 3 is 2.12 bits per heavy atom. The second-order valence-electron chi connectivity index (χ2n) is 4.93. The van der Waals surface area contributed by atoms with Crippen LogP contribution in [-0.4, -0.2) is 32.0 Å². The molecule has 0 aromatic heterocycles. The maximum atomic E-state index is 12.5. The number of nitrogens with zero attached hydrogens (tertiary/aromatic N) is 1. The minimum atomic E-state index is -0.479. The third-order valence-electron chi connectivity index (χ3n) is 3.50. The second kappa shape index (κ2) is 7.96. The van der Waals surface area contributed by atoms with Gasteiger partial charge in [-0.05, 0) is 35.9 Å². The zero-order valence-corrected chi connectivity index (χ0v) is 14.0. The quantitative estimate of drug-likeness (QED) is 0.331. The molecule has 0 spiro atoms. The average Bonchev–Trinajstić information content (AvgIpc) is 2.64. The zero-order chi connectivity index (χ0) is 18.4. The van der Waals surface area contributed by atoms with Gasteiger partial charge in [-0.25, -0.2) is 0 Å². The fraction of sp³-hybridized carbons (Fsp3) is 0.167. The molecule has 0 unspecified atom stereocenters. The molecule has 25 heavy (non-hydrogen) atoms. The van der Waals surface area contributed by atoms with Crippen LogP contribution < -0.4 is 14.2 Å². The number of carbonyl (C=O) groups is 1. The summed E-state index contributed by atoms with van der Waals surface area (Å²) in [4.78, 5) is 22.6. The molecule has 7 nitrogen and oxygen atoms in total. The monoisotopic (exact) mass is 343 g/mol. The Kier molecular flexibility index (Phi) is 5.73. The summed E-state index contributed by atoms with van der Waals surface area (Å²) in [6, 6.07) is 9.08. The van der Waals surface area contributed by atoms with Crippen molar-refractivity contribution < 1.29 is 23.9 Å². The van der Waals surface area contributed by atoms with Gasteiger partial charge in [0, 0.05) is 12.1 Å². The van der Waals surface area contributed by atoms with Crippen LogP contribution >= 0.6 is 0 Å². The fourth-order valence-electron chi connectivity index (χ4n) is 2.26. The molecule has 0 atom stereocenters. The molecule has 0 N–H and O–H groups in total. The summed E-state index contributed by atoms with van der Waals surface area (Å²) in [6.07, 6.45) is 2.94. The summed E-state index contributed by atoms with van der Waals surface area (Å²) in [5, 5.41) is 10.6. The molecule has 2 rings (SSSR count). The topological polar surface area (TPSA) is 87.9 Å². The molecule has 0 aliphatic rings. The van der Waals surface area contributed by atoms with Crippen LogP contribution in [0.25, 0.3) is 6.08 Å². The smallest absolute Gasteiger partial charge is 0.269 e. The first-order valence-corrected chi connectivity index (χ1v) is 7.27. The first-order chi connectivity index (χ1) is 12.0. The minimum absolute atomic E-state index is 0.00923. The van der Waals surface area contributed by atoms with Crippen molar-refractivity contribution in [1.82, 2.24) is 0 Å². The van der Waals surface area contributed by atoms with Crippen molar-refractivity contribution in [3.8, 4) is 17.2 Å². The largest absolute Gasteiger partial charge is 0.493 e. The van der Waals surface area contributed by atoms with Gasteiger partial charge >= 0.3 is 0 Å². The summed E-state index contributed by atoms with van der Waals surface area (Å²) in [5.41, 5.74) is 0.974. The third-order valence-corrected chi connectivity index (χ3v) is 3.50. The van der Waals surface area contributed by atoms with Gasteiger partial charge in [0.25, 0.3) is 5.69 Å². The van der Waals surface area contributed by atoms with Gasteiger partial charge in [-0.2, -0.15) is 0 Å². The molecule has 0 radical (unpaired) electrons. The number of hydrogen-bond donors (Lipinski definition) is 0. The second-order valence-corrected chi connectivity index (χ2v) is 4.93. The van der Waals surface area contributed by atoms with Crippen molar-refractivity contribution in [3.63, 3.8) is 0 Å². The van der Waals surface area contributed by atoms with E-state index in [-0.39, 0.29) is 17.2 Å². The van der Waals surface area contributed by atoms with E-state index in [1.54, 1.807) is 30.3 Å². The van der Waals surface area contributed by atoms with E-state index in [0.29, 0.717) is 22.6 Å². The van der Waals surface area contributed by atoms with E-state index < -0.39 is 4.92 Å². The van der Waals surface area contributed by atoms with Crippen LogP contribution in [0.3, 0.4) is 0 Å². The molecule has 7 heteroatoms. The lowest BCUT2D eigenvalue weighted by molar-refractivity contribution is -0.384. The molecule has 0 aliphatic carbocycles. The molecule has 2 aromatic carbocycles. The van der Waals surface area contributed by atoms with E-state index in [2.05, 4.69) is 0 Å². The van der Waals surface area contributed by atoms with Crippen LogP contribution in [0.1, 0.15) is 15.9 Å². The molecular weight excluding hydrogens is 326 g/mol. The lowest BCUT2D eigenvalue weighted by Crippen LogP contribution is -2.02. The molecular formula is C18H17NO6. The highest BCUT2D eigenvalue weighted by Crippen LogP contribution is 2.40. The molecule has 130 valence electrons. The van der Waals surface area contributed by atoms with Crippen molar-refractivity contribution in [3.05, 3.63) is 63.7 Å². The number of benzene rings is 2. The number of hydrogen-bond acceptors (Lipinski definition) is 6. The van der Waals surface area contributed by atoms with E-state index in [1.807, 2.05) is 0 Å². The van der Waals surface area contributed by atoms with Gasteiger partial charge < -0.3 is 14.2 Å². The van der Waals surface area contributed by atoms with Crippen molar-refractivity contribution in [2.24, 2.45) is 0 Å². The number of non-ortho nitro benzene ring substituents is 1. The molecule has 0 saturated heterocycles. The average molecular weight is 343 g/mol. The van der Waals surface area contributed by atoms with Gasteiger partial charge in [-0.1, -0.05) is 6.08 Å². The van der Waals surface area contributed by atoms with Gasteiger partial charge in [0.2, 0.25) is 5.75 Å². The molecule has 2 aromatic rings. The Labute approximate surface area is 144 Å². The molecule has 0 aliphatic heterocycles. The van der Waals surface area contributed by atoms with E-state index in [9.17, 15) is 14.9 Å². The Morgan fingerprint density at radius 1 is 0.960 bits per heavy atom. The van der Waals surface area contributed by atoms with E-state index in [0.717, 1.165) is 0 Å².